The Morgan fingerprint density at radius 1 is 1.05 bits per heavy atom. The summed E-state index contributed by atoms with van der Waals surface area (Å²) < 4.78 is 11.0. The van der Waals surface area contributed by atoms with E-state index in [2.05, 4.69) is 11.4 Å². The van der Waals surface area contributed by atoms with Gasteiger partial charge in [-0.3, -0.25) is 0 Å². The van der Waals surface area contributed by atoms with E-state index in [4.69, 9.17) is 26.3 Å². The fourth-order valence-corrected chi connectivity index (χ4v) is 2.19. The Hall–Kier alpha value is -2.38. The average molecular weight is 287 g/mol. The number of nitrogens with one attached hydrogen (secondary N) is 1. The lowest BCUT2D eigenvalue weighted by molar-refractivity contribution is 0.171. The van der Waals surface area contributed by atoms with E-state index in [0.717, 1.165) is 17.1 Å². The number of fused-ring (bicyclic) bond motifs is 1. The second-order valence-corrected chi connectivity index (χ2v) is 4.70. The first-order valence-corrected chi connectivity index (χ1v) is 6.50. The minimum absolute atomic E-state index is 0.499. The molecule has 5 heteroatoms. The molecule has 100 valence electrons. The van der Waals surface area contributed by atoms with Crippen molar-refractivity contribution < 1.29 is 9.47 Å². The van der Waals surface area contributed by atoms with Crippen LogP contribution in [0.1, 0.15) is 5.56 Å². The van der Waals surface area contributed by atoms with Crippen LogP contribution in [0.15, 0.2) is 36.4 Å². The molecule has 3 rings (SSSR count). The van der Waals surface area contributed by atoms with Crippen molar-refractivity contribution in [1.82, 2.24) is 0 Å². The van der Waals surface area contributed by atoms with Crippen LogP contribution in [-0.2, 0) is 0 Å². The molecule has 0 unspecified atom stereocenters. The average Bonchev–Trinajstić information content (AvgIpc) is 2.49. The molecule has 2 aromatic carbocycles. The topological polar surface area (TPSA) is 54.3 Å². The van der Waals surface area contributed by atoms with Gasteiger partial charge in [-0.25, -0.2) is 0 Å². The van der Waals surface area contributed by atoms with Crippen LogP contribution >= 0.6 is 11.6 Å². The largest absolute Gasteiger partial charge is 0.486 e. The Kier molecular flexibility index (Phi) is 3.36. The molecule has 20 heavy (non-hydrogen) atoms. The number of nitrogens with zero attached hydrogens (tertiary/aromatic N) is 1. The maximum atomic E-state index is 8.82. The quantitative estimate of drug-likeness (QED) is 0.914. The molecule has 1 N–H and O–H groups in total. The molecule has 1 aliphatic heterocycles. The summed E-state index contributed by atoms with van der Waals surface area (Å²) in [6.45, 7) is 1.12. The maximum absolute atomic E-state index is 8.82. The third-order valence-corrected chi connectivity index (χ3v) is 3.23. The molecule has 0 saturated heterocycles. The molecular weight excluding hydrogens is 276 g/mol. The highest BCUT2D eigenvalue weighted by molar-refractivity contribution is 6.33. The number of rotatable bonds is 2. The van der Waals surface area contributed by atoms with Gasteiger partial charge in [0.25, 0.3) is 0 Å². The summed E-state index contributed by atoms with van der Waals surface area (Å²) >= 11 is 6.13. The lowest BCUT2D eigenvalue weighted by atomic mass is 10.2. The molecule has 0 atom stereocenters. The van der Waals surface area contributed by atoms with E-state index in [1.807, 2.05) is 18.2 Å². The standard InChI is InChI=1S/C15H11ClN2O2/c16-12-7-10(9-17)1-3-13(12)18-11-2-4-14-15(8-11)20-6-5-19-14/h1-4,7-8,18H,5-6H2. The number of hydrogen-bond acceptors (Lipinski definition) is 4. The van der Waals surface area contributed by atoms with Crippen molar-refractivity contribution in [3.05, 3.63) is 47.0 Å². The van der Waals surface area contributed by atoms with E-state index < -0.39 is 0 Å². The van der Waals surface area contributed by atoms with Crippen molar-refractivity contribution >= 4 is 23.0 Å². The van der Waals surface area contributed by atoms with E-state index >= 15 is 0 Å². The van der Waals surface area contributed by atoms with Crippen LogP contribution in [0.25, 0.3) is 0 Å². The van der Waals surface area contributed by atoms with E-state index in [-0.39, 0.29) is 0 Å². The lowest BCUT2D eigenvalue weighted by Gasteiger charge is -2.19. The van der Waals surface area contributed by atoms with Crippen molar-refractivity contribution in [2.75, 3.05) is 18.5 Å². The van der Waals surface area contributed by atoms with Crippen LogP contribution < -0.4 is 14.8 Å². The van der Waals surface area contributed by atoms with Crippen LogP contribution in [-0.4, -0.2) is 13.2 Å². The molecule has 0 bridgehead atoms. The Morgan fingerprint density at radius 3 is 2.60 bits per heavy atom. The van der Waals surface area contributed by atoms with Crippen molar-refractivity contribution in [3.63, 3.8) is 0 Å². The predicted octanol–water partition coefficient (Wildman–Crippen LogP) is 3.73. The van der Waals surface area contributed by atoms with Gasteiger partial charge in [0.2, 0.25) is 0 Å². The molecule has 4 nitrogen and oxygen atoms in total. The minimum atomic E-state index is 0.499. The van der Waals surface area contributed by atoms with Crippen LogP contribution in [0.4, 0.5) is 11.4 Å². The molecule has 0 aliphatic carbocycles. The summed E-state index contributed by atoms with van der Waals surface area (Å²) in [4.78, 5) is 0. The number of halogens is 1. The van der Waals surface area contributed by atoms with Gasteiger partial charge in [-0.2, -0.15) is 5.26 Å². The van der Waals surface area contributed by atoms with Gasteiger partial charge in [0.1, 0.15) is 13.2 Å². The van der Waals surface area contributed by atoms with Gasteiger partial charge in [-0.1, -0.05) is 11.6 Å². The Morgan fingerprint density at radius 2 is 1.85 bits per heavy atom. The molecule has 0 radical (unpaired) electrons. The molecule has 1 aliphatic rings. The van der Waals surface area contributed by atoms with Gasteiger partial charge in [0.05, 0.1) is 22.3 Å². The van der Waals surface area contributed by atoms with Gasteiger partial charge in [-0.15, -0.1) is 0 Å². The smallest absolute Gasteiger partial charge is 0.163 e. The van der Waals surface area contributed by atoms with Gasteiger partial charge in [-0.05, 0) is 30.3 Å². The second-order valence-electron chi connectivity index (χ2n) is 4.29. The van der Waals surface area contributed by atoms with Crippen molar-refractivity contribution in [2.24, 2.45) is 0 Å². The van der Waals surface area contributed by atoms with Crippen LogP contribution in [0.3, 0.4) is 0 Å². The molecule has 0 spiro atoms. The molecular formula is C15H11ClN2O2. The van der Waals surface area contributed by atoms with Crippen molar-refractivity contribution in [3.8, 4) is 17.6 Å². The van der Waals surface area contributed by atoms with E-state index in [1.165, 1.54) is 0 Å². The van der Waals surface area contributed by atoms with Gasteiger partial charge in [0.15, 0.2) is 11.5 Å². The second kappa shape index (κ2) is 5.32. The molecule has 2 aromatic rings. The Bertz CT molecular complexity index is 695. The zero-order chi connectivity index (χ0) is 13.9. The Balaban J connectivity index is 1.86. The maximum Gasteiger partial charge on any atom is 0.163 e. The third-order valence-electron chi connectivity index (χ3n) is 2.92. The van der Waals surface area contributed by atoms with E-state index in [1.54, 1.807) is 18.2 Å². The normalized spacial score (nSPS) is 12.6. The summed E-state index contributed by atoms with van der Waals surface area (Å²) in [6, 6.07) is 12.8. The number of hydrogen-bond donors (Lipinski definition) is 1. The van der Waals surface area contributed by atoms with Crippen LogP contribution in [0, 0.1) is 11.3 Å². The fourth-order valence-electron chi connectivity index (χ4n) is 1.96. The molecule has 0 fully saturated rings. The highest BCUT2D eigenvalue weighted by Gasteiger charge is 2.12. The van der Waals surface area contributed by atoms with Crippen LogP contribution in [0.5, 0.6) is 11.5 Å². The monoisotopic (exact) mass is 286 g/mol. The van der Waals surface area contributed by atoms with E-state index in [9.17, 15) is 0 Å². The zero-order valence-corrected chi connectivity index (χ0v) is 11.3. The number of anilines is 2. The lowest BCUT2D eigenvalue weighted by Crippen LogP contribution is -2.15. The molecule has 1 heterocycles. The van der Waals surface area contributed by atoms with Gasteiger partial charge in [0, 0.05) is 11.8 Å². The predicted molar refractivity (Wildman–Crippen MR) is 76.9 cm³/mol. The molecule has 0 aromatic heterocycles. The highest BCUT2D eigenvalue weighted by Crippen LogP contribution is 2.34. The fraction of sp³-hybridized carbons (Fsp3) is 0.133. The van der Waals surface area contributed by atoms with Crippen molar-refractivity contribution in [2.45, 2.75) is 0 Å². The zero-order valence-electron chi connectivity index (χ0n) is 10.5. The first-order valence-electron chi connectivity index (χ1n) is 6.12. The van der Waals surface area contributed by atoms with Crippen LogP contribution in [0.2, 0.25) is 5.02 Å². The molecule has 0 saturated carbocycles. The Labute approximate surface area is 121 Å². The SMILES string of the molecule is N#Cc1ccc(Nc2ccc3c(c2)OCCO3)c(Cl)c1. The number of nitriles is 1. The minimum Gasteiger partial charge on any atom is -0.486 e. The van der Waals surface area contributed by atoms with Crippen molar-refractivity contribution in [1.29, 1.82) is 5.26 Å². The molecule has 0 amide bonds. The first-order chi connectivity index (χ1) is 9.76. The summed E-state index contributed by atoms with van der Waals surface area (Å²) in [5, 5.41) is 12.5. The number of benzene rings is 2. The summed E-state index contributed by atoms with van der Waals surface area (Å²) in [6.07, 6.45) is 0. The first kappa shape index (κ1) is 12.6. The highest BCUT2D eigenvalue weighted by atomic mass is 35.5. The summed E-state index contributed by atoms with van der Waals surface area (Å²) in [5.74, 6) is 1.46. The summed E-state index contributed by atoms with van der Waals surface area (Å²) in [5.41, 5.74) is 2.12. The van der Waals surface area contributed by atoms with Gasteiger partial charge < -0.3 is 14.8 Å². The van der Waals surface area contributed by atoms with Gasteiger partial charge >= 0.3 is 0 Å². The number of ether oxygens (including phenoxy) is 2. The summed E-state index contributed by atoms with van der Waals surface area (Å²) in [7, 11) is 0. The third kappa shape index (κ3) is 2.49. The van der Waals surface area contributed by atoms with E-state index in [0.29, 0.717) is 29.5 Å².